The molecular formula is C16H28O6Si. The van der Waals surface area contributed by atoms with Crippen LogP contribution < -0.4 is 0 Å². The molecule has 1 aromatic rings. The van der Waals surface area contributed by atoms with E-state index in [2.05, 4.69) is 0 Å². The van der Waals surface area contributed by atoms with Gasteiger partial charge in [0.25, 0.3) is 0 Å². The maximum Gasteiger partial charge on any atom is 0.501 e. The van der Waals surface area contributed by atoms with Crippen molar-refractivity contribution in [2.45, 2.75) is 45.4 Å². The predicted octanol–water partition coefficient (Wildman–Crippen LogP) is 3.17. The Morgan fingerprint density at radius 2 is 1.83 bits per heavy atom. The highest BCUT2D eigenvalue weighted by molar-refractivity contribution is 6.60. The van der Waals surface area contributed by atoms with E-state index >= 15 is 0 Å². The number of furan rings is 1. The maximum atomic E-state index is 5.98. The summed E-state index contributed by atoms with van der Waals surface area (Å²) in [5.41, 5.74) is 0. The van der Waals surface area contributed by atoms with E-state index in [0.29, 0.717) is 32.5 Å². The smallest absolute Gasteiger partial charge is 0.467 e. The van der Waals surface area contributed by atoms with Gasteiger partial charge in [0.1, 0.15) is 18.0 Å². The summed E-state index contributed by atoms with van der Waals surface area (Å²) < 4.78 is 34.4. The Hall–Kier alpha value is -0.703. The first-order valence-electron chi connectivity index (χ1n) is 8.41. The number of epoxide rings is 1. The molecule has 7 heteroatoms. The summed E-state index contributed by atoms with van der Waals surface area (Å²) in [6, 6.07) is 4.50. The number of ether oxygens (including phenoxy) is 2. The van der Waals surface area contributed by atoms with Gasteiger partial charge in [0, 0.05) is 25.9 Å². The summed E-state index contributed by atoms with van der Waals surface area (Å²) >= 11 is 0. The molecule has 0 spiro atoms. The van der Waals surface area contributed by atoms with Crippen molar-refractivity contribution in [3.63, 3.8) is 0 Å². The second-order valence-electron chi connectivity index (χ2n) is 5.31. The van der Waals surface area contributed by atoms with Crippen LogP contribution in [0, 0.1) is 0 Å². The van der Waals surface area contributed by atoms with E-state index in [9.17, 15) is 0 Å². The molecular weight excluding hydrogens is 316 g/mol. The van der Waals surface area contributed by atoms with Gasteiger partial charge in [0.15, 0.2) is 0 Å². The average molecular weight is 344 g/mol. The van der Waals surface area contributed by atoms with E-state index in [1.807, 2.05) is 32.9 Å². The zero-order valence-electron chi connectivity index (χ0n) is 14.3. The fourth-order valence-corrected chi connectivity index (χ4v) is 5.10. The third kappa shape index (κ3) is 6.02. The normalized spacial score (nSPS) is 19.0. The van der Waals surface area contributed by atoms with Crippen molar-refractivity contribution >= 4 is 8.80 Å². The number of hydrogen-bond acceptors (Lipinski definition) is 6. The molecule has 2 atom stereocenters. The van der Waals surface area contributed by atoms with Gasteiger partial charge in [-0.3, -0.25) is 0 Å². The highest BCUT2D eigenvalue weighted by Gasteiger charge is 2.41. The minimum Gasteiger partial charge on any atom is -0.467 e. The van der Waals surface area contributed by atoms with Crippen LogP contribution in [0.1, 0.15) is 39.1 Å². The molecule has 1 aliphatic rings. The van der Waals surface area contributed by atoms with Crippen molar-refractivity contribution in [3.8, 4) is 0 Å². The van der Waals surface area contributed by atoms with Crippen molar-refractivity contribution in [2.75, 3.05) is 33.0 Å². The Balaban J connectivity index is 1.97. The molecule has 132 valence electrons. The summed E-state index contributed by atoms with van der Waals surface area (Å²) in [4.78, 5) is 0. The molecule has 0 radical (unpaired) electrons. The van der Waals surface area contributed by atoms with Gasteiger partial charge >= 0.3 is 8.80 Å². The topological polar surface area (TPSA) is 62.6 Å². The number of hydrogen-bond donors (Lipinski definition) is 0. The van der Waals surface area contributed by atoms with Crippen LogP contribution in [0.3, 0.4) is 0 Å². The van der Waals surface area contributed by atoms with Crippen LogP contribution >= 0.6 is 0 Å². The Bertz CT molecular complexity index is 403. The highest BCUT2D eigenvalue weighted by atomic mass is 28.4. The molecule has 0 saturated carbocycles. The lowest BCUT2D eigenvalue weighted by Gasteiger charge is -2.29. The molecule has 0 N–H and O–H groups in total. The van der Waals surface area contributed by atoms with Crippen LogP contribution in [-0.4, -0.2) is 47.9 Å². The lowest BCUT2D eigenvalue weighted by atomic mass is 10.2. The summed E-state index contributed by atoms with van der Waals surface area (Å²) in [6.45, 7) is 8.98. The first-order valence-corrected chi connectivity index (χ1v) is 10.3. The first-order chi connectivity index (χ1) is 11.2. The van der Waals surface area contributed by atoms with Crippen LogP contribution in [0.4, 0.5) is 0 Å². The molecule has 0 amide bonds. The molecule has 23 heavy (non-hydrogen) atoms. The Morgan fingerprint density at radius 1 is 1.17 bits per heavy atom. The molecule has 0 aromatic carbocycles. The number of rotatable bonds is 13. The Kier molecular flexibility index (Phi) is 7.74. The van der Waals surface area contributed by atoms with Crippen molar-refractivity contribution in [1.82, 2.24) is 0 Å². The minimum atomic E-state index is -2.66. The van der Waals surface area contributed by atoms with Crippen LogP contribution in [-0.2, 0) is 22.8 Å². The molecule has 1 aromatic heterocycles. The van der Waals surface area contributed by atoms with Gasteiger partial charge in [0.05, 0.1) is 19.5 Å². The van der Waals surface area contributed by atoms with Gasteiger partial charge in [-0.2, -0.15) is 0 Å². The lowest BCUT2D eigenvalue weighted by molar-refractivity contribution is 0.0175. The molecule has 2 unspecified atom stereocenters. The Morgan fingerprint density at radius 3 is 2.30 bits per heavy atom. The first kappa shape index (κ1) is 18.6. The zero-order valence-corrected chi connectivity index (χ0v) is 15.3. The van der Waals surface area contributed by atoms with Crippen molar-refractivity contribution in [3.05, 3.63) is 24.2 Å². The third-order valence-electron chi connectivity index (χ3n) is 3.55. The summed E-state index contributed by atoms with van der Waals surface area (Å²) in [6.07, 6.45) is 2.48. The van der Waals surface area contributed by atoms with Crippen LogP contribution in [0.5, 0.6) is 0 Å². The highest BCUT2D eigenvalue weighted by Crippen LogP contribution is 2.29. The largest absolute Gasteiger partial charge is 0.501 e. The van der Waals surface area contributed by atoms with Gasteiger partial charge in [-0.25, -0.2) is 0 Å². The zero-order chi connectivity index (χ0) is 16.5. The maximum absolute atomic E-state index is 5.98. The van der Waals surface area contributed by atoms with Gasteiger partial charge in [-0.05, 0) is 39.3 Å². The molecule has 2 heterocycles. The van der Waals surface area contributed by atoms with Crippen molar-refractivity contribution in [1.29, 1.82) is 0 Å². The second-order valence-corrected chi connectivity index (χ2v) is 8.05. The standard InChI is InChI=1S/C16H28O6Si/c1-4-20-23(21-5-2,22-6-3)11-9-16(15-8-7-10-17-15)19-13-14-12-18-14/h7-8,10,14,16H,4-6,9,11-13H2,1-3H3. The average Bonchev–Trinajstić information content (AvgIpc) is 3.20. The summed E-state index contributed by atoms with van der Waals surface area (Å²) in [7, 11) is -2.66. The monoisotopic (exact) mass is 344 g/mol. The fraction of sp³-hybridized carbons (Fsp3) is 0.750. The summed E-state index contributed by atoms with van der Waals surface area (Å²) in [5, 5.41) is 0. The van der Waals surface area contributed by atoms with E-state index in [-0.39, 0.29) is 12.2 Å². The van der Waals surface area contributed by atoms with Crippen molar-refractivity contribution < 1.29 is 27.2 Å². The lowest BCUT2D eigenvalue weighted by Crippen LogP contribution is -2.46. The molecule has 1 fully saturated rings. The predicted molar refractivity (Wildman–Crippen MR) is 87.2 cm³/mol. The molecule has 6 nitrogen and oxygen atoms in total. The van der Waals surface area contributed by atoms with Crippen molar-refractivity contribution in [2.24, 2.45) is 0 Å². The van der Waals surface area contributed by atoms with E-state index in [0.717, 1.165) is 18.8 Å². The quantitative estimate of drug-likeness (QED) is 0.404. The fourth-order valence-electron chi connectivity index (χ4n) is 2.48. The minimum absolute atomic E-state index is 0.137. The summed E-state index contributed by atoms with van der Waals surface area (Å²) in [5.74, 6) is 0.818. The second kappa shape index (κ2) is 9.56. The Labute approximate surface area is 139 Å². The molecule has 1 aliphatic heterocycles. The van der Waals surface area contributed by atoms with E-state index in [1.54, 1.807) is 6.26 Å². The molecule has 2 rings (SSSR count). The van der Waals surface area contributed by atoms with E-state index < -0.39 is 8.80 Å². The molecule has 0 bridgehead atoms. The van der Waals surface area contributed by atoms with Crippen LogP contribution in [0.15, 0.2) is 22.8 Å². The molecule has 0 aliphatic carbocycles. The van der Waals surface area contributed by atoms with E-state index in [1.165, 1.54) is 0 Å². The van der Waals surface area contributed by atoms with Gasteiger partial charge in [0.2, 0.25) is 0 Å². The third-order valence-corrected chi connectivity index (χ3v) is 6.64. The van der Waals surface area contributed by atoms with Gasteiger partial charge in [-0.15, -0.1) is 0 Å². The SMILES string of the molecule is CCO[Si](CCC(OCC1CO1)c1ccco1)(OCC)OCC. The van der Waals surface area contributed by atoms with Gasteiger partial charge in [-0.1, -0.05) is 0 Å². The van der Waals surface area contributed by atoms with Crippen LogP contribution in [0.2, 0.25) is 6.04 Å². The molecule has 1 saturated heterocycles. The van der Waals surface area contributed by atoms with E-state index in [4.69, 9.17) is 27.2 Å². The van der Waals surface area contributed by atoms with Gasteiger partial charge < -0.3 is 27.2 Å². The van der Waals surface area contributed by atoms with Crippen LogP contribution in [0.25, 0.3) is 0 Å².